The van der Waals surface area contributed by atoms with E-state index in [1.807, 2.05) is 66.7 Å². The van der Waals surface area contributed by atoms with Crippen LogP contribution >= 0.6 is 0 Å². The zero-order chi connectivity index (χ0) is 87.3. The molecule has 9 aromatic heterocycles. The van der Waals surface area contributed by atoms with Crippen LogP contribution in [0.4, 0.5) is 13.2 Å². The lowest BCUT2D eigenvalue weighted by molar-refractivity contribution is -0.137. The van der Waals surface area contributed by atoms with Gasteiger partial charge in [0.2, 0.25) is 0 Å². The lowest BCUT2D eigenvalue weighted by Crippen LogP contribution is -2.14. The molecule has 16 heteroatoms. The molecule has 0 spiro atoms. The lowest BCUT2D eigenvalue weighted by Gasteiger charge is -2.29. The zero-order valence-electron chi connectivity index (χ0n) is 71.3. The number of nitrogens with zero attached hydrogens (tertiary/aromatic N) is 9. The number of hydrogen-bond donors (Lipinski definition) is 0. The van der Waals surface area contributed by atoms with Gasteiger partial charge in [-0.15, -0.1) is 0 Å². The van der Waals surface area contributed by atoms with E-state index in [1.165, 1.54) is 12.1 Å². The molecule has 0 bridgehead atoms. The summed E-state index contributed by atoms with van der Waals surface area (Å²) in [5, 5.41) is 14.8. The lowest BCUT2D eigenvalue weighted by atomic mass is 9.90. The van der Waals surface area contributed by atoms with Crippen molar-refractivity contribution in [1.29, 1.82) is 0 Å². The second-order valence-electron chi connectivity index (χ2n) is 33.8. The monoisotopic (exact) mass is 1710 g/mol. The molecule has 0 amide bonds. The summed E-state index contributed by atoms with van der Waals surface area (Å²) in [6.45, 7) is 5.39. The highest BCUT2D eigenvalue weighted by Crippen LogP contribution is 2.52. The Morgan fingerprint density at radius 3 is 0.748 bits per heavy atom. The summed E-state index contributed by atoms with van der Waals surface area (Å²) in [5.74, 6) is 5.44. The van der Waals surface area contributed by atoms with Crippen LogP contribution in [0, 0.1) is 13.8 Å². The van der Waals surface area contributed by atoms with Crippen LogP contribution in [0.1, 0.15) is 29.5 Å². The van der Waals surface area contributed by atoms with Crippen LogP contribution in [0.25, 0.3) is 204 Å². The first-order valence-electron chi connectivity index (χ1n) is 44.4. The third kappa shape index (κ3) is 12.4. The van der Waals surface area contributed by atoms with E-state index in [9.17, 15) is 0 Å². The quantitative estimate of drug-likeness (QED) is 0.0705. The van der Waals surface area contributed by atoms with Gasteiger partial charge in [-0.1, -0.05) is 231 Å². The number of rotatable bonds is 20. The molecule has 13 nitrogen and oxygen atoms in total. The fourth-order valence-electron chi connectivity index (χ4n) is 20.7. The van der Waals surface area contributed by atoms with Crippen molar-refractivity contribution in [3.63, 3.8) is 0 Å². The van der Waals surface area contributed by atoms with E-state index in [4.69, 9.17) is 28.9 Å². The number of fused-ring (bicyclic) bond motifs is 21. The SMILES string of the molecule is Cc1c(C)c(-n2c3ccccc3c3ccccc32)c(-n2c3ccc(OCCCOc4cc(-n5c6ccccc6c6ccccc65)nc(-n5c6ccccc6c6ccccc65)c4)cc3c3cc(OCCCOc4cc(-n5c6ccccc6c6ccccc65)nc(-n5c6ccccc6c6ccccc65)c4)ccc32)c(-n2c3ccccc3c3ccccc32)c1-c1cccc(C(F)(F)F)c1. The maximum absolute atomic E-state index is 15.6. The van der Waals surface area contributed by atoms with Gasteiger partial charge in [-0.2, -0.15) is 13.2 Å². The number of alkyl halides is 3. The van der Waals surface area contributed by atoms with Crippen LogP contribution in [0.5, 0.6) is 23.0 Å². The van der Waals surface area contributed by atoms with Crippen LogP contribution in [0.3, 0.4) is 0 Å². The van der Waals surface area contributed by atoms with Gasteiger partial charge >= 0.3 is 6.18 Å². The molecule has 0 aliphatic rings. The number of halogens is 3. The van der Waals surface area contributed by atoms with E-state index in [-0.39, 0.29) is 0 Å². The number of hydrogen-bond acceptors (Lipinski definition) is 6. The molecular weight excluding hydrogens is 1630 g/mol. The molecule has 630 valence electrons. The van der Waals surface area contributed by atoms with Gasteiger partial charge in [-0.25, -0.2) is 9.97 Å². The molecule has 25 aromatic rings. The Balaban J connectivity index is 0.628. The van der Waals surface area contributed by atoms with Gasteiger partial charge in [-0.05, 0) is 152 Å². The predicted octanol–water partition coefficient (Wildman–Crippen LogP) is 29.2. The average Bonchev–Trinajstić information content (AvgIpc) is 1.56. The van der Waals surface area contributed by atoms with Crippen LogP contribution in [-0.4, -0.2) is 68.4 Å². The second-order valence-corrected chi connectivity index (χ2v) is 33.8. The molecule has 0 aliphatic carbocycles. The number of pyridine rings is 2. The minimum absolute atomic E-state index is 0.293. The van der Waals surface area contributed by atoms with Crippen molar-refractivity contribution in [3.05, 3.63) is 393 Å². The summed E-state index contributed by atoms with van der Waals surface area (Å²) in [6, 6.07) is 128. The van der Waals surface area contributed by atoms with Crippen LogP contribution in [0.15, 0.2) is 376 Å². The third-order valence-electron chi connectivity index (χ3n) is 26.4. The van der Waals surface area contributed by atoms with Gasteiger partial charge in [0.05, 0.1) is 126 Å². The van der Waals surface area contributed by atoms with Crippen molar-refractivity contribution in [2.45, 2.75) is 32.9 Å². The first-order valence-corrected chi connectivity index (χ1v) is 44.4. The van der Waals surface area contributed by atoms with E-state index < -0.39 is 11.7 Å². The number of aromatic nitrogens is 9. The van der Waals surface area contributed by atoms with Gasteiger partial charge in [0.25, 0.3) is 0 Å². The average molecular weight is 1710 g/mol. The molecule has 0 radical (unpaired) electrons. The molecule has 0 saturated carbocycles. The predicted molar refractivity (Wildman–Crippen MR) is 526 cm³/mol. The Bertz CT molecular complexity index is 8080. The molecule has 9 heterocycles. The smallest absolute Gasteiger partial charge is 0.416 e. The molecule has 0 saturated heterocycles. The van der Waals surface area contributed by atoms with Gasteiger partial charge in [0.1, 0.15) is 46.3 Å². The standard InChI is InChI=1S/C115H80F3N9O4/c1-71-72(2)112(125-101-52-23-11-40-87(101)88-41-12-24-53-102(88)125)114(113(111(71)73-30-27-31-74(64-73)115(116,117)118)126-103-54-25-13-42-89(103)90-43-14-26-55-104(90)126)127-105-58-56-75(128-60-28-62-130-77-67-107(121-93-44-15-3-32-79(93)80-33-4-16-45-94(80)121)119-108(68-77)122-95-46-17-5-34-81(95)82-35-6-18-47-96(82)122)65-91(105)92-66-76(57-59-106(92)127)129-61-29-63-131-78-69-109(123-97-48-19-7-36-83(97)84-37-8-20-49-98(84)123)120-110(70-78)124-99-50-21-9-38-85(99)86-39-10-22-51-100(86)124/h3-27,30-59,64-70H,28-29,60-63H2,1-2H3. The van der Waals surface area contributed by atoms with Crippen LogP contribution in [0.2, 0.25) is 0 Å². The Labute approximate surface area is 748 Å². The molecular formula is C115H80F3N9O4. The number of ether oxygens (including phenoxy) is 4. The third-order valence-corrected chi connectivity index (χ3v) is 26.4. The van der Waals surface area contributed by atoms with Gasteiger partial charge < -0.3 is 32.6 Å². The Morgan fingerprint density at radius 1 is 0.221 bits per heavy atom. The van der Waals surface area contributed by atoms with Gasteiger partial charge in [0, 0.05) is 118 Å². The molecule has 0 N–H and O–H groups in total. The minimum Gasteiger partial charge on any atom is -0.493 e. The van der Waals surface area contributed by atoms with Crippen molar-refractivity contribution >= 4 is 153 Å². The van der Waals surface area contributed by atoms with Crippen molar-refractivity contribution in [1.82, 2.24) is 41.9 Å². The summed E-state index contributed by atoms with van der Waals surface area (Å²) in [6.07, 6.45) is -3.63. The van der Waals surface area contributed by atoms with E-state index >= 15 is 13.2 Å². The highest BCUT2D eigenvalue weighted by atomic mass is 19.4. The van der Waals surface area contributed by atoms with Crippen molar-refractivity contribution < 1.29 is 32.1 Å². The normalized spacial score (nSPS) is 12.2. The van der Waals surface area contributed by atoms with Crippen LogP contribution < -0.4 is 18.9 Å². The largest absolute Gasteiger partial charge is 0.493 e. The molecule has 0 unspecified atom stereocenters. The first kappa shape index (κ1) is 76.8. The highest BCUT2D eigenvalue weighted by molar-refractivity contribution is 6.18. The van der Waals surface area contributed by atoms with Crippen molar-refractivity contribution in [3.8, 4) is 74.5 Å². The summed E-state index contributed by atoms with van der Waals surface area (Å²) in [5.41, 5.74) is 17.9. The Kier molecular flexibility index (Phi) is 17.9. The molecule has 25 rings (SSSR count). The molecule has 0 atom stereocenters. The minimum atomic E-state index is -4.65. The Hall–Kier alpha value is -16.6. The molecule has 0 aliphatic heterocycles. The zero-order valence-corrected chi connectivity index (χ0v) is 71.3. The molecule has 131 heavy (non-hydrogen) atoms. The summed E-state index contributed by atoms with van der Waals surface area (Å²) in [7, 11) is 0. The van der Waals surface area contributed by atoms with Crippen LogP contribution in [-0.2, 0) is 6.18 Å². The second kappa shape index (κ2) is 30.6. The van der Waals surface area contributed by atoms with E-state index in [0.29, 0.717) is 79.1 Å². The van der Waals surface area contributed by atoms with E-state index in [0.717, 1.165) is 204 Å². The fourth-order valence-corrected chi connectivity index (χ4v) is 20.7. The molecule has 16 aromatic carbocycles. The number of para-hydroxylation sites is 12. The first-order chi connectivity index (χ1) is 64.5. The maximum atomic E-state index is 15.6. The summed E-state index contributed by atoms with van der Waals surface area (Å²) < 4.78 is 90.6. The van der Waals surface area contributed by atoms with Crippen molar-refractivity contribution in [2.75, 3.05) is 26.4 Å². The van der Waals surface area contributed by atoms with Gasteiger partial charge in [-0.3, -0.25) is 18.3 Å². The van der Waals surface area contributed by atoms with Crippen molar-refractivity contribution in [2.24, 2.45) is 0 Å². The number of benzene rings is 16. The Morgan fingerprint density at radius 2 is 0.466 bits per heavy atom. The fraction of sp³-hybridized carbons (Fsp3) is 0.0783. The summed E-state index contributed by atoms with van der Waals surface area (Å²) >= 11 is 0. The van der Waals surface area contributed by atoms with Gasteiger partial charge in [0.15, 0.2) is 0 Å². The summed E-state index contributed by atoms with van der Waals surface area (Å²) in [4.78, 5) is 11.1. The maximum Gasteiger partial charge on any atom is 0.416 e. The topological polar surface area (TPSA) is 97.2 Å². The highest BCUT2D eigenvalue weighted by Gasteiger charge is 2.35. The van der Waals surface area contributed by atoms with E-state index in [2.05, 4.69) is 337 Å². The van der Waals surface area contributed by atoms with E-state index in [1.54, 1.807) is 0 Å². The molecule has 0 fully saturated rings.